The average Bonchev–Trinajstić information content (AvgIpc) is 2.16. The van der Waals surface area contributed by atoms with Crippen molar-refractivity contribution in [2.75, 3.05) is 0 Å². The Kier molecular flexibility index (Phi) is 15.3. The van der Waals surface area contributed by atoms with Crippen molar-refractivity contribution in [1.29, 1.82) is 0 Å². The number of nitrogens with two attached hydrogens (primary N) is 1. The number of primary amides is 1. The van der Waals surface area contributed by atoms with Crippen LogP contribution in [0, 0.1) is 0 Å². The number of thiol groups is 2. The van der Waals surface area contributed by atoms with Gasteiger partial charge < -0.3 is 11.1 Å². The lowest BCUT2D eigenvalue weighted by atomic mass is 10.0. The summed E-state index contributed by atoms with van der Waals surface area (Å²) < 4.78 is 0. The summed E-state index contributed by atoms with van der Waals surface area (Å²) in [6, 6.07) is 0.335. The zero-order valence-corrected chi connectivity index (χ0v) is 12.4. The van der Waals surface area contributed by atoms with Crippen LogP contribution in [-0.2, 0) is 0 Å². The number of hydrogen-bond acceptors (Lipinski definition) is 2. The molecule has 17 heavy (non-hydrogen) atoms. The van der Waals surface area contributed by atoms with Crippen molar-refractivity contribution in [3.8, 4) is 0 Å². The molecule has 0 radical (unpaired) electrons. The molecule has 0 aliphatic heterocycles. The molecule has 0 fully saturated rings. The monoisotopic (exact) mass is 280 g/mol. The first kappa shape index (κ1) is 19.0. The SMILES string of the molecule is CCCCCC(CCC)NC(=O)S.NC(=O)S. The van der Waals surface area contributed by atoms with Crippen molar-refractivity contribution < 1.29 is 9.59 Å². The molecule has 0 saturated carbocycles. The molecule has 0 heterocycles. The van der Waals surface area contributed by atoms with E-state index in [9.17, 15) is 4.79 Å². The average molecular weight is 280 g/mol. The van der Waals surface area contributed by atoms with E-state index < -0.39 is 5.24 Å². The predicted octanol–water partition coefficient (Wildman–Crippen LogP) is 3.37. The molecule has 0 aromatic heterocycles. The molecule has 0 aromatic rings. The summed E-state index contributed by atoms with van der Waals surface area (Å²) in [6.45, 7) is 4.32. The van der Waals surface area contributed by atoms with Crippen LogP contribution >= 0.6 is 25.3 Å². The minimum Gasteiger partial charge on any atom is -0.361 e. The normalized spacial score (nSPS) is 11.1. The summed E-state index contributed by atoms with van der Waals surface area (Å²) in [6.07, 6.45) is 6.96. The topological polar surface area (TPSA) is 72.2 Å². The highest BCUT2D eigenvalue weighted by Crippen LogP contribution is 2.08. The molecule has 0 aromatic carbocycles. The van der Waals surface area contributed by atoms with E-state index in [1.165, 1.54) is 19.3 Å². The Morgan fingerprint density at radius 2 is 1.65 bits per heavy atom. The van der Waals surface area contributed by atoms with Crippen molar-refractivity contribution in [1.82, 2.24) is 5.32 Å². The highest BCUT2D eigenvalue weighted by Gasteiger charge is 2.07. The molecule has 1 unspecified atom stereocenters. The van der Waals surface area contributed by atoms with E-state index in [1.807, 2.05) is 0 Å². The minimum absolute atomic E-state index is 0.199. The van der Waals surface area contributed by atoms with Gasteiger partial charge in [-0.15, -0.1) is 0 Å². The second-order valence-corrected chi connectivity index (χ2v) is 4.62. The molecular formula is C11H24N2O2S2. The zero-order valence-electron chi connectivity index (χ0n) is 10.6. The Morgan fingerprint density at radius 3 is 2.00 bits per heavy atom. The predicted molar refractivity (Wildman–Crippen MR) is 78.9 cm³/mol. The largest absolute Gasteiger partial charge is 0.361 e. The van der Waals surface area contributed by atoms with Crippen LogP contribution in [-0.4, -0.2) is 16.5 Å². The first-order valence-electron chi connectivity index (χ1n) is 5.91. The van der Waals surface area contributed by atoms with Gasteiger partial charge in [-0.1, -0.05) is 64.8 Å². The third kappa shape index (κ3) is 21.5. The van der Waals surface area contributed by atoms with Gasteiger partial charge in [0.1, 0.15) is 0 Å². The van der Waals surface area contributed by atoms with E-state index in [0.717, 1.165) is 19.3 Å². The molecule has 3 N–H and O–H groups in total. The zero-order chi connectivity index (χ0) is 13.7. The Hall–Kier alpha value is -0.360. The summed E-state index contributed by atoms with van der Waals surface area (Å²) in [4.78, 5) is 19.8. The van der Waals surface area contributed by atoms with Crippen LogP contribution < -0.4 is 11.1 Å². The molecule has 0 spiro atoms. The second-order valence-electron chi connectivity index (χ2n) is 3.77. The van der Waals surface area contributed by atoms with Gasteiger partial charge in [0.2, 0.25) is 0 Å². The third-order valence-electron chi connectivity index (χ3n) is 2.12. The molecule has 0 aliphatic carbocycles. The summed E-state index contributed by atoms with van der Waals surface area (Å²) >= 11 is 6.83. The fourth-order valence-corrected chi connectivity index (χ4v) is 1.64. The van der Waals surface area contributed by atoms with E-state index in [1.54, 1.807) is 0 Å². The molecule has 0 saturated heterocycles. The number of unbranched alkanes of at least 4 members (excludes halogenated alkanes) is 2. The van der Waals surface area contributed by atoms with Gasteiger partial charge in [0, 0.05) is 6.04 Å². The van der Waals surface area contributed by atoms with E-state index in [-0.39, 0.29) is 5.24 Å². The number of nitrogens with one attached hydrogen (secondary N) is 1. The van der Waals surface area contributed by atoms with Gasteiger partial charge in [-0.3, -0.25) is 9.59 Å². The van der Waals surface area contributed by atoms with Gasteiger partial charge in [-0.05, 0) is 12.8 Å². The van der Waals surface area contributed by atoms with Crippen LogP contribution in [0.5, 0.6) is 0 Å². The van der Waals surface area contributed by atoms with Crippen molar-refractivity contribution in [2.24, 2.45) is 5.73 Å². The Balaban J connectivity index is 0. The smallest absolute Gasteiger partial charge is 0.276 e. The van der Waals surface area contributed by atoms with Crippen molar-refractivity contribution in [3.05, 3.63) is 0 Å². The molecule has 0 aliphatic rings. The maximum Gasteiger partial charge on any atom is 0.276 e. The summed E-state index contributed by atoms with van der Waals surface area (Å²) in [5, 5.41) is 2.03. The summed E-state index contributed by atoms with van der Waals surface area (Å²) in [5.41, 5.74) is 4.34. The van der Waals surface area contributed by atoms with E-state index in [4.69, 9.17) is 4.79 Å². The van der Waals surface area contributed by atoms with Gasteiger partial charge in [0.15, 0.2) is 0 Å². The molecule has 6 heteroatoms. The van der Waals surface area contributed by atoms with Crippen LogP contribution in [0.4, 0.5) is 9.59 Å². The maximum atomic E-state index is 10.7. The lowest BCUT2D eigenvalue weighted by Gasteiger charge is -2.15. The Bertz CT molecular complexity index is 210. The molecule has 0 bridgehead atoms. The lowest BCUT2D eigenvalue weighted by molar-refractivity contribution is 0.255. The highest BCUT2D eigenvalue weighted by atomic mass is 32.1. The van der Waals surface area contributed by atoms with Crippen LogP contribution in [0.15, 0.2) is 0 Å². The standard InChI is InChI=1S/C10H21NOS.CH3NOS/c1-3-5-6-8-9(7-4-2)11-10(12)13;2-1(3)4/h9H,3-8H2,1-2H3,(H2,11,12,13);(H3,2,3,4). The Morgan fingerprint density at radius 1 is 1.12 bits per heavy atom. The highest BCUT2D eigenvalue weighted by molar-refractivity contribution is 7.96. The first-order valence-corrected chi connectivity index (χ1v) is 6.81. The third-order valence-corrected chi connectivity index (χ3v) is 2.25. The molecule has 0 rings (SSSR count). The van der Waals surface area contributed by atoms with E-state index in [2.05, 4.69) is 50.2 Å². The second kappa shape index (κ2) is 13.7. The lowest BCUT2D eigenvalue weighted by Crippen LogP contribution is -2.30. The first-order chi connectivity index (χ1) is 7.93. The Labute approximate surface area is 115 Å². The number of carbonyl (C=O) groups is 2. The maximum absolute atomic E-state index is 10.7. The van der Waals surface area contributed by atoms with Gasteiger partial charge in [0.25, 0.3) is 10.5 Å². The van der Waals surface area contributed by atoms with Crippen LogP contribution in [0.25, 0.3) is 0 Å². The molecule has 4 nitrogen and oxygen atoms in total. The number of carbonyl (C=O) groups excluding carboxylic acids is 2. The van der Waals surface area contributed by atoms with Gasteiger partial charge in [-0.25, -0.2) is 0 Å². The van der Waals surface area contributed by atoms with Crippen LogP contribution in [0.2, 0.25) is 0 Å². The quantitative estimate of drug-likeness (QED) is 0.426. The number of rotatable bonds is 7. The number of hydrogen-bond donors (Lipinski definition) is 4. The van der Waals surface area contributed by atoms with Crippen molar-refractivity contribution in [3.63, 3.8) is 0 Å². The fourth-order valence-electron chi connectivity index (χ4n) is 1.45. The van der Waals surface area contributed by atoms with Crippen LogP contribution in [0.3, 0.4) is 0 Å². The number of amides is 2. The van der Waals surface area contributed by atoms with Crippen molar-refractivity contribution in [2.45, 2.75) is 58.4 Å². The van der Waals surface area contributed by atoms with E-state index in [0.29, 0.717) is 6.04 Å². The van der Waals surface area contributed by atoms with Gasteiger partial charge >= 0.3 is 0 Å². The minimum atomic E-state index is -0.639. The summed E-state index contributed by atoms with van der Waals surface area (Å²) in [5.74, 6) is 0. The molecular weight excluding hydrogens is 256 g/mol. The molecule has 1 atom stereocenters. The van der Waals surface area contributed by atoms with E-state index >= 15 is 0 Å². The summed E-state index contributed by atoms with van der Waals surface area (Å²) in [7, 11) is 0. The van der Waals surface area contributed by atoms with Gasteiger partial charge in [-0.2, -0.15) is 0 Å². The molecule has 102 valence electrons. The molecule has 2 amide bonds. The van der Waals surface area contributed by atoms with Gasteiger partial charge in [0.05, 0.1) is 0 Å². The van der Waals surface area contributed by atoms with Crippen LogP contribution in [0.1, 0.15) is 52.4 Å². The fraction of sp³-hybridized carbons (Fsp3) is 0.818. The van der Waals surface area contributed by atoms with Crippen molar-refractivity contribution >= 4 is 35.7 Å².